The van der Waals surface area contributed by atoms with Gasteiger partial charge in [-0.1, -0.05) is 37.5 Å². The van der Waals surface area contributed by atoms with Crippen LogP contribution in [0, 0.1) is 5.92 Å². The van der Waals surface area contributed by atoms with Crippen molar-refractivity contribution in [3.63, 3.8) is 0 Å². The van der Waals surface area contributed by atoms with Crippen LogP contribution in [0.25, 0.3) is 10.9 Å². The molecule has 2 aliphatic heterocycles. The number of piperidine rings is 1. The van der Waals surface area contributed by atoms with Crippen molar-refractivity contribution in [1.82, 2.24) is 30.7 Å². The van der Waals surface area contributed by atoms with E-state index in [0.29, 0.717) is 6.54 Å². The molecule has 0 radical (unpaired) electrons. The van der Waals surface area contributed by atoms with Crippen LogP contribution in [0.3, 0.4) is 0 Å². The number of hydrogen-bond donors (Lipinski definition) is 5. The lowest BCUT2D eigenvalue weighted by atomic mass is 9.95. The Morgan fingerprint density at radius 3 is 2.50 bits per heavy atom. The van der Waals surface area contributed by atoms with Crippen LogP contribution in [0.1, 0.15) is 50.5 Å². The maximum absolute atomic E-state index is 13.8. The molecule has 11 heteroatoms. The van der Waals surface area contributed by atoms with Crippen LogP contribution in [-0.4, -0.2) is 89.4 Å². The van der Waals surface area contributed by atoms with E-state index in [2.05, 4.69) is 20.9 Å². The second-order valence-corrected chi connectivity index (χ2v) is 11.3. The van der Waals surface area contributed by atoms with E-state index in [1.165, 1.54) is 11.3 Å². The number of carbonyl (C=O) groups excluding carboxylic acids is 4. The Labute approximate surface area is 234 Å². The van der Waals surface area contributed by atoms with Gasteiger partial charge in [0, 0.05) is 48.6 Å². The molecule has 2 aromatic rings. The molecule has 3 fully saturated rings. The van der Waals surface area contributed by atoms with E-state index in [-0.39, 0.29) is 43.4 Å². The van der Waals surface area contributed by atoms with Gasteiger partial charge in [-0.25, -0.2) is 4.79 Å². The molecule has 6 N–H and O–H groups in total. The second kappa shape index (κ2) is 12.7. The fraction of sp³-hybridized carbons (Fsp3) is 0.586. The smallest absolute Gasteiger partial charge is 0.318 e. The number of rotatable bonds is 7. The van der Waals surface area contributed by atoms with Crippen LogP contribution in [0.4, 0.5) is 4.79 Å². The average Bonchev–Trinajstić information content (AvgIpc) is 3.39. The summed E-state index contributed by atoms with van der Waals surface area (Å²) in [5, 5.41) is 10.2. The van der Waals surface area contributed by atoms with Crippen LogP contribution in [0.2, 0.25) is 0 Å². The van der Waals surface area contributed by atoms with Crippen molar-refractivity contribution in [1.29, 1.82) is 0 Å². The number of amides is 5. The van der Waals surface area contributed by atoms with Gasteiger partial charge in [-0.2, -0.15) is 0 Å². The van der Waals surface area contributed by atoms with Crippen LogP contribution in [0.5, 0.6) is 0 Å². The van der Waals surface area contributed by atoms with E-state index < -0.39 is 23.9 Å². The zero-order valence-corrected chi connectivity index (χ0v) is 23.0. The third-order valence-corrected chi connectivity index (χ3v) is 8.64. The number of benzene rings is 1. The molecule has 0 unspecified atom stereocenters. The number of carbonyl (C=O) groups is 4. The summed E-state index contributed by atoms with van der Waals surface area (Å²) in [6.07, 6.45) is 8.69. The monoisotopic (exact) mass is 551 g/mol. The third-order valence-electron chi connectivity index (χ3n) is 8.64. The van der Waals surface area contributed by atoms with E-state index >= 15 is 0 Å². The molecule has 11 nitrogen and oxygen atoms in total. The molecule has 216 valence electrons. The summed E-state index contributed by atoms with van der Waals surface area (Å²) < 4.78 is 0. The number of hydrogen-bond acceptors (Lipinski definition) is 5. The Hall–Kier alpha value is -3.60. The van der Waals surface area contributed by atoms with Crippen LogP contribution in [-0.2, 0) is 20.8 Å². The lowest BCUT2D eigenvalue weighted by Crippen LogP contribution is -2.65. The summed E-state index contributed by atoms with van der Waals surface area (Å²) in [5.41, 5.74) is 7.53. The van der Waals surface area contributed by atoms with E-state index in [0.717, 1.165) is 68.1 Å². The zero-order chi connectivity index (χ0) is 28.1. The summed E-state index contributed by atoms with van der Waals surface area (Å²) in [6, 6.07) is 5.62. The number of nitrogens with zero attached hydrogens (tertiary/aromatic N) is 2. The number of urea groups is 1. The van der Waals surface area contributed by atoms with Crippen molar-refractivity contribution in [2.45, 2.75) is 69.5 Å². The SMILES string of the molecule is NC(=O)[C@@H](Cc1c[nH]c2ccccc12)NC(=O)[C@H]1CN(C(=O)C2CCNCC2)CCN1C(=O)NC1CCCCC1. The Balaban J connectivity index is 1.32. The number of piperazine rings is 1. The number of H-pyrrole nitrogens is 1. The van der Waals surface area contributed by atoms with Crippen molar-refractivity contribution >= 4 is 34.7 Å². The summed E-state index contributed by atoms with van der Waals surface area (Å²) in [5.74, 6) is -1.20. The molecule has 5 rings (SSSR count). The minimum Gasteiger partial charge on any atom is -0.368 e. The molecule has 40 heavy (non-hydrogen) atoms. The summed E-state index contributed by atoms with van der Waals surface area (Å²) in [4.78, 5) is 59.4. The normalized spacial score (nSPS) is 21.6. The Morgan fingerprint density at radius 1 is 1.00 bits per heavy atom. The van der Waals surface area contributed by atoms with Gasteiger partial charge < -0.3 is 36.5 Å². The van der Waals surface area contributed by atoms with Gasteiger partial charge in [0.05, 0.1) is 6.54 Å². The summed E-state index contributed by atoms with van der Waals surface area (Å²) in [7, 11) is 0. The topological polar surface area (TPSA) is 153 Å². The van der Waals surface area contributed by atoms with E-state index in [1.807, 2.05) is 30.5 Å². The fourth-order valence-electron chi connectivity index (χ4n) is 6.29. The highest BCUT2D eigenvalue weighted by molar-refractivity contribution is 5.93. The molecule has 3 aliphatic rings. The Kier molecular flexibility index (Phi) is 8.88. The molecule has 2 atom stereocenters. The maximum Gasteiger partial charge on any atom is 0.318 e. The van der Waals surface area contributed by atoms with Gasteiger partial charge in [0.1, 0.15) is 12.1 Å². The van der Waals surface area contributed by atoms with Crippen molar-refractivity contribution in [3.05, 3.63) is 36.0 Å². The van der Waals surface area contributed by atoms with Crippen LogP contribution < -0.4 is 21.7 Å². The van der Waals surface area contributed by atoms with Gasteiger partial charge in [-0.15, -0.1) is 0 Å². The maximum atomic E-state index is 13.8. The van der Waals surface area contributed by atoms with Gasteiger partial charge >= 0.3 is 6.03 Å². The standard InChI is InChI=1S/C29H41N7O4/c30-26(37)24(16-20-17-32-23-9-5-4-8-22(20)23)34-27(38)25-18-35(28(39)19-10-12-31-13-11-19)14-15-36(25)29(40)33-21-6-2-1-3-7-21/h4-5,8-9,17,19,21,24-25,31-32H,1-3,6-7,10-16,18H2,(H2,30,37)(H,33,40)(H,34,38)/t24-,25-/m1/s1. The molecule has 0 bridgehead atoms. The van der Waals surface area contributed by atoms with Crippen LogP contribution >= 0.6 is 0 Å². The average molecular weight is 552 g/mol. The first-order chi connectivity index (χ1) is 19.4. The number of aromatic nitrogens is 1. The lowest BCUT2D eigenvalue weighted by molar-refractivity contribution is -0.141. The number of primary amides is 1. The second-order valence-electron chi connectivity index (χ2n) is 11.3. The molecular weight excluding hydrogens is 510 g/mol. The number of nitrogens with one attached hydrogen (secondary N) is 4. The molecule has 3 heterocycles. The van der Waals surface area contributed by atoms with Gasteiger partial charge in [0.15, 0.2) is 0 Å². The first-order valence-electron chi connectivity index (χ1n) is 14.6. The number of nitrogens with two attached hydrogens (primary N) is 1. The Bertz CT molecular complexity index is 1220. The van der Waals surface area contributed by atoms with Crippen LogP contribution in [0.15, 0.2) is 30.5 Å². The van der Waals surface area contributed by atoms with E-state index in [9.17, 15) is 19.2 Å². The predicted octanol–water partition coefficient (Wildman–Crippen LogP) is 1.24. The number of fused-ring (bicyclic) bond motifs is 1. The third kappa shape index (κ3) is 6.41. The molecule has 1 aromatic heterocycles. The highest BCUT2D eigenvalue weighted by Crippen LogP contribution is 2.22. The minimum absolute atomic E-state index is 0.0249. The summed E-state index contributed by atoms with van der Waals surface area (Å²) >= 11 is 0. The highest BCUT2D eigenvalue weighted by atomic mass is 16.2. The first-order valence-corrected chi connectivity index (χ1v) is 14.6. The molecule has 1 aromatic carbocycles. The number of para-hydroxylation sites is 1. The molecule has 2 saturated heterocycles. The summed E-state index contributed by atoms with van der Waals surface area (Å²) in [6.45, 7) is 2.29. The Morgan fingerprint density at radius 2 is 1.75 bits per heavy atom. The molecule has 1 aliphatic carbocycles. The largest absolute Gasteiger partial charge is 0.368 e. The van der Waals surface area contributed by atoms with E-state index in [1.54, 1.807) is 4.90 Å². The quantitative estimate of drug-likeness (QED) is 0.351. The minimum atomic E-state index is -0.967. The zero-order valence-electron chi connectivity index (χ0n) is 23.0. The van der Waals surface area contributed by atoms with Crippen molar-refractivity contribution in [3.8, 4) is 0 Å². The molecule has 0 spiro atoms. The van der Waals surface area contributed by atoms with Gasteiger partial charge in [-0.05, 0) is 50.4 Å². The molecular formula is C29H41N7O4. The van der Waals surface area contributed by atoms with Crippen molar-refractivity contribution in [2.24, 2.45) is 11.7 Å². The van der Waals surface area contributed by atoms with Crippen molar-refractivity contribution in [2.75, 3.05) is 32.7 Å². The lowest BCUT2D eigenvalue weighted by Gasteiger charge is -2.42. The van der Waals surface area contributed by atoms with Gasteiger partial charge in [0.2, 0.25) is 17.7 Å². The van der Waals surface area contributed by atoms with E-state index in [4.69, 9.17) is 5.73 Å². The number of aromatic amines is 1. The highest BCUT2D eigenvalue weighted by Gasteiger charge is 2.40. The first kappa shape index (κ1) is 27.9. The fourth-order valence-corrected chi connectivity index (χ4v) is 6.29. The van der Waals surface area contributed by atoms with Gasteiger partial charge in [0.25, 0.3) is 0 Å². The molecule has 1 saturated carbocycles. The molecule has 5 amide bonds. The predicted molar refractivity (Wildman–Crippen MR) is 151 cm³/mol. The van der Waals surface area contributed by atoms with Gasteiger partial charge in [-0.3, -0.25) is 14.4 Å². The van der Waals surface area contributed by atoms with Crippen molar-refractivity contribution < 1.29 is 19.2 Å².